The maximum absolute atomic E-state index is 10.6. The van der Waals surface area contributed by atoms with Crippen molar-refractivity contribution in [1.82, 2.24) is 0 Å². The van der Waals surface area contributed by atoms with Crippen molar-refractivity contribution in [2.45, 2.75) is 0 Å². The molecule has 0 saturated carbocycles. The highest BCUT2D eigenvalue weighted by Gasteiger charge is 2.09. The van der Waals surface area contributed by atoms with Gasteiger partial charge in [0.05, 0.1) is 12.0 Å². The molecule has 0 spiro atoms. The van der Waals surface area contributed by atoms with E-state index in [1.54, 1.807) is 6.07 Å². The number of nitro groups is 1. The first-order valence-electron chi connectivity index (χ1n) is 4.28. The average molecular weight is 223 g/mol. The van der Waals surface area contributed by atoms with Crippen LogP contribution in [0.4, 0.5) is 5.69 Å². The third kappa shape index (κ3) is 2.81. The highest BCUT2D eigenvalue weighted by atomic mass is 16.6. The number of aliphatic carboxylic acids is 1. The van der Waals surface area contributed by atoms with E-state index in [-0.39, 0.29) is 11.4 Å². The predicted molar refractivity (Wildman–Crippen MR) is 55.7 cm³/mol. The SMILES string of the molecule is CO/C(=C\c1cccc([N+](=O)[O-])c1)C(=O)O. The Hall–Kier alpha value is -2.37. The third-order valence-corrected chi connectivity index (χ3v) is 1.81. The second-order valence-corrected chi connectivity index (χ2v) is 2.87. The van der Waals surface area contributed by atoms with E-state index in [2.05, 4.69) is 4.74 Å². The molecule has 1 aromatic carbocycles. The molecule has 0 aromatic heterocycles. The number of nitro benzene ring substituents is 1. The van der Waals surface area contributed by atoms with Crippen LogP contribution in [-0.4, -0.2) is 23.1 Å². The van der Waals surface area contributed by atoms with Crippen LogP contribution in [0.3, 0.4) is 0 Å². The van der Waals surface area contributed by atoms with Gasteiger partial charge in [-0.25, -0.2) is 4.79 Å². The molecule has 0 aliphatic carbocycles. The molecular formula is C10H9NO5. The van der Waals surface area contributed by atoms with Gasteiger partial charge in [-0.1, -0.05) is 12.1 Å². The van der Waals surface area contributed by atoms with Gasteiger partial charge in [0, 0.05) is 12.1 Å². The zero-order valence-corrected chi connectivity index (χ0v) is 8.41. The molecule has 0 amide bonds. The second-order valence-electron chi connectivity index (χ2n) is 2.87. The molecule has 0 radical (unpaired) electrons. The maximum Gasteiger partial charge on any atom is 0.371 e. The summed E-state index contributed by atoms with van der Waals surface area (Å²) in [7, 11) is 1.22. The smallest absolute Gasteiger partial charge is 0.371 e. The van der Waals surface area contributed by atoms with Gasteiger partial charge in [-0.05, 0) is 11.6 Å². The normalized spacial score (nSPS) is 10.9. The second kappa shape index (κ2) is 4.92. The van der Waals surface area contributed by atoms with E-state index in [0.717, 1.165) is 0 Å². The van der Waals surface area contributed by atoms with Crippen LogP contribution in [0.5, 0.6) is 0 Å². The van der Waals surface area contributed by atoms with Gasteiger partial charge in [-0.3, -0.25) is 10.1 Å². The van der Waals surface area contributed by atoms with Crippen LogP contribution in [0.15, 0.2) is 30.0 Å². The number of hydrogen-bond acceptors (Lipinski definition) is 4. The van der Waals surface area contributed by atoms with Crippen molar-refractivity contribution in [2.75, 3.05) is 7.11 Å². The molecular weight excluding hydrogens is 214 g/mol. The van der Waals surface area contributed by atoms with Gasteiger partial charge in [0.25, 0.3) is 5.69 Å². The molecule has 0 bridgehead atoms. The number of rotatable bonds is 4. The highest BCUT2D eigenvalue weighted by molar-refractivity contribution is 5.89. The van der Waals surface area contributed by atoms with Crippen LogP contribution < -0.4 is 0 Å². The first kappa shape index (κ1) is 11.7. The summed E-state index contributed by atoms with van der Waals surface area (Å²) in [6.07, 6.45) is 1.22. The molecule has 0 saturated heterocycles. The topological polar surface area (TPSA) is 89.7 Å². The number of methoxy groups -OCH3 is 1. The summed E-state index contributed by atoms with van der Waals surface area (Å²) in [5, 5.41) is 19.2. The molecule has 0 aliphatic rings. The van der Waals surface area contributed by atoms with Crippen LogP contribution >= 0.6 is 0 Å². The molecule has 0 heterocycles. The van der Waals surface area contributed by atoms with E-state index in [0.29, 0.717) is 5.56 Å². The van der Waals surface area contributed by atoms with Crippen molar-refractivity contribution in [3.63, 3.8) is 0 Å². The van der Waals surface area contributed by atoms with E-state index in [1.165, 1.54) is 31.4 Å². The molecule has 1 N–H and O–H groups in total. The third-order valence-electron chi connectivity index (χ3n) is 1.81. The van der Waals surface area contributed by atoms with Crippen LogP contribution in [0, 0.1) is 10.1 Å². The van der Waals surface area contributed by atoms with E-state index in [4.69, 9.17) is 5.11 Å². The minimum atomic E-state index is -1.23. The minimum absolute atomic E-state index is 0.102. The molecule has 1 aromatic rings. The highest BCUT2D eigenvalue weighted by Crippen LogP contribution is 2.15. The van der Waals surface area contributed by atoms with Crippen LogP contribution in [-0.2, 0) is 9.53 Å². The Labute approximate surface area is 90.9 Å². The lowest BCUT2D eigenvalue weighted by Crippen LogP contribution is -2.01. The van der Waals surface area contributed by atoms with Gasteiger partial charge in [0.15, 0.2) is 0 Å². The van der Waals surface area contributed by atoms with Crippen molar-refractivity contribution in [3.8, 4) is 0 Å². The molecule has 6 nitrogen and oxygen atoms in total. The van der Waals surface area contributed by atoms with Gasteiger partial charge in [-0.2, -0.15) is 0 Å². The number of ether oxygens (including phenoxy) is 1. The fourth-order valence-electron chi connectivity index (χ4n) is 1.09. The standard InChI is InChI=1S/C10H9NO5/c1-16-9(10(12)13)6-7-3-2-4-8(5-7)11(14)15/h2-6H,1H3,(H,12,13)/b9-6-. The number of non-ortho nitro benzene ring substituents is 1. The van der Waals surface area contributed by atoms with Crippen molar-refractivity contribution < 1.29 is 19.6 Å². The molecule has 0 fully saturated rings. The van der Waals surface area contributed by atoms with E-state index in [9.17, 15) is 14.9 Å². The van der Waals surface area contributed by atoms with E-state index in [1.807, 2.05) is 0 Å². The van der Waals surface area contributed by atoms with Crippen molar-refractivity contribution in [1.29, 1.82) is 0 Å². The molecule has 0 unspecified atom stereocenters. The number of hydrogen-bond donors (Lipinski definition) is 1. The number of benzene rings is 1. The molecule has 6 heteroatoms. The van der Waals surface area contributed by atoms with Crippen LogP contribution in [0.1, 0.15) is 5.56 Å². The summed E-state index contributed by atoms with van der Waals surface area (Å²) in [4.78, 5) is 20.6. The lowest BCUT2D eigenvalue weighted by Gasteiger charge is -2.00. The summed E-state index contributed by atoms with van der Waals surface area (Å²) < 4.78 is 4.61. The van der Waals surface area contributed by atoms with Gasteiger partial charge >= 0.3 is 5.97 Å². The lowest BCUT2D eigenvalue weighted by atomic mass is 10.2. The quantitative estimate of drug-likeness (QED) is 0.363. The summed E-state index contributed by atoms with van der Waals surface area (Å²) in [5.41, 5.74) is 0.294. The van der Waals surface area contributed by atoms with Gasteiger partial charge < -0.3 is 9.84 Å². The van der Waals surface area contributed by atoms with Crippen LogP contribution in [0.25, 0.3) is 6.08 Å². The predicted octanol–water partition coefficient (Wildman–Crippen LogP) is 1.67. The number of carboxylic acids is 1. The Bertz CT molecular complexity index is 452. The summed E-state index contributed by atoms with van der Waals surface area (Å²) in [6.45, 7) is 0. The summed E-state index contributed by atoms with van der Waals surface area (Å²) >= 11 is 0. The fourth-order valence-corrected chi connectivity index (χ4v) is 1.09. The minimum Gasteiger partial charge on any atom is -0.490 e. The lowest BCUT2D eigenvalue weighted by molar-refractivity contribution is -0.384. The number of carboxylic acid groups (broad SMARTS) is 1. The van der Waals surface area contributed by atoms with E-state index < -0.39 is 10.9 Å². The molecule has 16 heavy (non-hydrogen) atoms. The Balaban J connectivity index is 3.09. The van der Waals surface area contributed by atoms with Crippen molar-refractivity contribution in [2.24, 2.45) is 0 Å². The first-order chi connectivity index (χ1) is 7.54. The molecule has 0 aliphatic heterocycles. The zero-order chi connectivity index (χ0) is 12.1. The van der Waals surface area contributed by atoms with Crippen molar-refractivity contribution >= 4 is 17.7 Å². The van der Waals surface area contributed by atoms with Gasteiger partial charge in [-0.15, -0.1) is 0 Å². The maximum atomic E-state index is 10.6. The largest absolute Gasteiger partial charge is 0.490 e. The monoisotopic (exact) mass is 223 g/mol. The average Bonchev–Trinajstić information content (AvgIpc) is 2.25. The fraction of sp³-hybridized carbons (Fsp3) is 0.100. The Kier molecular flexibility index (Phi) is 3.60. The first-order valence-corrected chi connectivity index (χ1v) is 4.28. The van der Waals surface area contributed by atoms with Gasteiger partial charge in [0.1, 0.15) is 0 Å². The van der Waals surface area contributed by atoms with Gasteiger partial charge in [0.2, 0.25) is 5.76 Å². The zero-order valence-electron chi connectivity index (χ0n) is 8.41. The summed E-state index contributed by atoms with van der Waals surface area (Å²) in [5.74, 6) is -1.51. The van der Waals surface area contributed by atoms with Crippen molar-refractivity contribution in [3.05, 3.63) is 45.7 Å². The Morgan fingerprint density at radius 3 is 2.75 bits per heavy atom. The Morgan fingerprint density at radius 1 is 1.56 bits per heavy atom. The number of carbonyl (C=O) groups is 1. The van der Waals surface area contributed by atoms with E-state index >= 15 is 0 Å². The number of nitrogens with zero attached hydrogens (tertiary/aromatic N) is 1. The Morgan fingerprint density at radius 2 is 2.25 bits per heavy atom. The molecule has 1 rings (SSSR count). The molecule has 84 valence electrons. The van der Waals surface area contributed by atoms with Crippen LogP contribution in [0.2, 0.25) is 0 Å². The summed E-state index contributed by atoms with van der Waals surface area (Å²) in [6, 6.07) is 5.61. The molecule has 0 atom stereocenters.